The Balaban J connectivity index is 3.68. The molecule has 4 heteroatoms. The van der Waals surface area contributed by atoms with Crippen LogP contribution in [0.4, 0.5) is 4.79 Å². The van der Waals surface area contributed by atoms with E-state index in [-0.39, 0.29) is 0 Å². The lowest BCUT2D eigenvalue weighted by Crippen LogP contribution is -2.29. The number of nitrogens with zero attached hydrogens (tertiary/aromatic N) is 1. The van der Waals surface area contributed by atoms with Gasteiger partial charge in [-0.1, -0.05) is 6.92 Å². The van der Waals surface area contributed by atoms with Gasteiger partial charge >= 0.3 is 6.09 Å². The molecule has 0 aliphatic carbocycles. The third-order valence-electron chi connectivity index (χ3n) is 0.829. The molecule has 0 saturated carbocycles. The van der Waals surface area contributed by atoms with Gasteiger partial charge in [0.1, 0.15) is 5.60 Å². The third kappa shape index (κ3) is 7.05. The van der Waals surface area contributed by atoms with Crippen LogP contribution in [-0.2, 0) is 4.74 Å². The van der Waals surface area contributed by atoms with Gasteiger partial charge in [-0.05, 0) is 27.2 Å². The van der Waals surface area contributed by atoms with E-state index in [0.717, 1.165) is 6.42 Å². The minimum atomic E-state index is -0.521. The zero-order chi connectivity index (χ0) is 9.61. The van der Waals surface area contributed by atoms with Crippen molar-refractivity contribution in [2.45, 2.75) is 39.7 Å². The summed E-state index contributed by atoms with van der Waals surface area (Å²) in [6, 6.07) is 0. The van der Waals surface area contributed by atoms with Gasteiger partial charge in [-0.15, -0.1) is 0 Å². The summed E-state index contributed by atoms with van der Waals surface area (Å²) in [6.45, 7) is 7.34. The molecule has 0 atom stereocenters. The summed E-state index contributed by atoms with van der Waals surface area (Å²) in [5.41, 5.74) is 1.78. The van der Waals surface area contributed by atoms with Gasteiger partial charge < -0.3 is 4.74 Å². The predicted octanol–water partition coefficient (Wildman–Crippen LogP) is 1.91. The van der Waals surface area contributed by atoms with Crippen molar-refractivity contribution < 1.29 is 9.53 Å². The predicted molar refractivity (Wildman–Crippen MR) is 48.2 cm³/mol. The molecule has 0 aromatic rings. The summed E-state index contributed by atoms with van der Waals surface area (Å²) in [5, 5.41) is 3.62. The van der Waals surface area contributed by atoms with Crippen molar-refractivity contribution >= 4 is 12.3 Å². The van der Waals surface area contributed by atoms with Crippen molar-refractivity contribution in [2.75, 3.05) is 0 Å². The molecule has 1 N–H and O–H groups in total. The van der Waals surface area contributed by atoms with Crippen LogP contribution in [0, 0.1) is 0 Å². The fourth-order valence-electron chi connectivity index (χ4n) is 0.491. The van der Waals surface area contributed by atoms with Gasteiger partial charge in [-0.25, -0.2) is 10.2 Å². The smallest absolute Gasteiger partial charge is 0.428 e. The number of hydrogen-bond donors (Lipinski definition) is 1. The van der Waals surface area contributed by atoms with E-state index in [2.05, 4.69) is 10.5 Å². The molecule has 0 aromatic carbocycles. The summed E-state index contributed by atoms with van der Waals surface area (Å²) < 4.78 is 4.92. The fraction of sp³-hybridized carbons (Fsp3) is 0.750. The molecule has 0 rings (SSSR count). The van der Waals surface area contributed by atoms with Gasteiger partial charge in [-0.3, -0.25) is 0 Å². The number of hydrogen-bond acceptors (Lipinski definition) is 3. The minimum Gasteiger partial charge on any atom is -0.443 e. The van der Waals surface area contributed by atoms with Crippen LogP contribution >= 0.6 is 0 Å². The molecule has 0 aliphatic rings. The van der Waals surface area contributed by atoms with Crippen LogP contribution in [0.15, 0.2) is 5.10 Å². The van der Waals surface area contributed by atoms with Gasteiger partial charge in [0.2, 0.25) is 0 Å². The Bertz CT molecular complexity index is 170. The highest BCUT2D eigenvalue weighted by Gasteiger charge is 2.14. The van der Waals surface area contributed by atoms with E-state index >= 15 is 0 Å². The van der Waals surface area contributed by atoms with E-state index in [1.165, 1.54) is 0 Å². The van der Waals surface area contributed by atoms with E-state index < -0.39 is 11.7 Å². The molecule has 0 bridgehead atoms. The van der Waals surface area contributed by atoms with Crippen LogP contribution in [-0.4, -0.2) is 17.9 Å². The quantitative estimate of drug-likeness (QED) is 0.511. The summed E-state index contributed by atoms with van der Waals surface area (Å²) in [4.78, 5) is 10.9. The largest absolute Gasteiger partial charge is 0.443 e. The normalized spacial score (nSPS) is 11.7. The van der Waals surface area contributed by atoms with Crippen LogP contribution in [0.3, 0.4) is 0 Å². The Labute approximate surface area is 73.0 Å². The lowest BCUT2D eigenvalue weighted by Gasteiger charge is -2.18. The highest BCUT2D eigenvalue weighted by molar-refractivity contribution is 5.69. The second-order valence-corrected chi connectivity index (χ2v) is 3.33. The summed E-state index contributed by atoms with van der Waals surface area (Å²) in [5.74, 6) is 0. The van der Waals surface area contributed by atoms with E-state index in [1.54, 1.807) is 27.0 Å². The molecule has 0 saturated heterocycles. The molecule has 0 unspecified atom stereocenters. The molecule has 0 heterocycles. The Hall–Kier alpha value is -1.06. The van der Waals surface area contributed by atoms with Gasteiger partial charge in [0.25, 0.3) is 0 Å². The number of carbonyl (C=O) groups excluding carboxylic acids is 1. The van der Waals surface area contributed by atoms with Gasteiger partial charge in [0.05, 0.1) is 0 Å². The molecule has 12 heavy (non-hydrogen) atoms. The molecule has 1 amide bonds. The average Bonchev–Trinajstić information content (AvgIpc) is 1.84. The SMILES string of the molecule is CC/C=N/NC(=O)OC(C)(C)C. The molecule has 0 fully saturated rings. The lowest BCUT2D eigenvalue weighted by atomic mass is 10.2. The molecular weight excluding hydrogens is 156 g/mol. The first kappa shape index (κ1) is 10.9. The highest BCUT2D eigenvalue weighted by Crippen LogP contribution is 2.05. The van der Waals surface area contributed by atoms with Crippen molar-refractivity contribution in [1.82, 2.24) is 5.43 Å². The minimum absolute atomic E-state index is 0.466. The molecule has 0 spiro atoms. The summed E-state index contributed by atoms with van der Waals surface area (Å²) in [6.07, 6.45) is 1.87. The number of ether oxygens (including phenoxy) is 1. The number of amides is 1. The van der Waals surface area contributed by atoms with Crippen molar-refractivity contribution in [3.63, 3.8) is 0 Å². The molecule has 0 radical (unpaired) electrons. The maximum Gasteiger partial charge on any atom is 0.428 e. The van der Waals surface area contributed by atoms with Crippen molar-refractivity contribution in [3.8, 4) is 0 Å². The Morgan fingerprint density at radius 2 is 2.17 bits per heavy atom. The maximum absolute atomic E-state index is 10.9. The zero-order valence-corrected chi connectivity index (χ0v) is 8.05. The summed E-state index contributed by atoms with van der Waals surface area (Å²) >= 11 is 0. The van der Waals surface area contributed by atoms with E-state index in [1.807, 2.05) is 6.92 Å². The second kappa shape index (κ2) is 4.74. The number of carbonyl (C=O) groups is 1. The lowest BCUT2D eigenvalue weighted by molar-refractivity contribution is 0.0529. The Kier molecular flexibility index (Phi) is 4.33. The van der Waals surface area contributed by atoms with Crippen molar-refractivity contribution in [1.29, 1.82) is 0 Å². The third-order valence-corrected chi connectivity index (χ3v) is 0.829. The first-order valence-corrected chi connectivity index (χ1v) is 3.96. The first-order chi connectivity index (χ1) is 5.45. The molecule has 70 valence electrons. The summed E-state index contributed by atoms with van der Waals surface area (Å²) in [7, 11) is 0. The number of nitrogens with one attached hydrogen (secondary N) is 1. The Morgan fingerprint density at radius 1 is 1.58 bits per heavy atom. The van der Waals surface area contributed by atoms with Crippen LogP contribution in [0.5, 0.6) is 0 Å². The van der Waals surface area contributed by atoms with E-state index in [0.29, 0.717) is 0 Å². The molecule has 0 aliphatic heterocycles. The Morgan fingerprint density at radius 3 is 2.58 bits per heavy atom. The molecule has 4 nitrogen and oxygen atoms in total. The zero-order valence-electron chi connectivity index (χ0n) is 8.05. The van der Waals surface area contributed by atoms with Crippen molar-refractivity contribution in [3.05, 3.63) is 0 Å². The second-order valence-electron chi connectivity index (χ2n) is 3.33. The number of hydrazone groups is 1. The van der Waals surface area contributed by atoms with Crippen LogP contribution in [0.2, 0.25) is 0 Å². The highest BCUT2D eigenvalue weighted by atomic mass is 16.6. The van der Waals surface area contributed by atoms with Gasteiger partial charge in [-0.2, -0.15) is 5.10 Å². The number of rotatable bonds is 2. The van der Waals surface area contributed by atoms with E-state index in [4.69, 9.17) is 4.74 Å². The van der Waals surface area contributed by atoms with Gasteiger partial charge in [0, 0.05) is 6.21 Å². The molecular formula is C8H16N2O2. The van der Waals surface area contributed by atoms with Crippen LogP contribution < -0.4 is 5.43 Å². The van der Waals surface area contributed by atoms with Crippen LogP contribution in [0.25, 0.3) is 0 Å². The molecule has 0 aromatic heterocycles. The monoisotopic (exact) mass is 172 g/mol. The van der Waals surface area contributed by atoms with E-state index in [9.17, 15) is 4.79 Å². The first-order valence-electron chi connectivity index (χ1n) is 3.96. The maximum atomic E-state index is 10.9. The standard InChI is InChI=1S/C8H16N2O2/c1-5-6-9-10-7(11)12-8(2,3)4/h6H,5H2,1-4H3,(H,10,11)/b9-6+. The van der Waals surface area contributed by atoms with Crippen LogP contribution in [0.1, 0.15) is 34.1 Å². The topological polar surface area (TPSA) is 50.7 Å². The fourth-order valence-corrected chi connectivity index (χ4v) is 0.491. The van der Waals surface area contributed by atoms with Crippen molar-refractivity contribution in [2.24, 2.45) is 5.10 Å². The van der Waals surface area contributed by atoms with Gasteiger partial charge in [0.15, 0.2) is 0 Å². The average molecular weight is 172 g/mol.